The lowest BCUT2D eigenvalue weighted by Gasteiger charge is -2.14. The molecule has 0 fully saturated rings. The van der Waals surface area contributed by atoms with E-state index in [9.17, 15) is 14.0 Å². The van der Waals surface area contributed by atoms with Crippen molar-refractivity contribution >= 4 is 22.5 Å². The second-order valence-electron chi connectivity index (χ2n) is 7.57. The molecule has 0 aliphatic heterocycles. The zero-order chi connectivity index (χ0) is 21.1. The van der Waals surface area contributed by atoms with Crippen molar-refractivity contribution in [3.8, 4) is 0 Å². The molecule has 0 saturated carbocycles. The summed E-state index contributed by atoms with van der Waals surface area (Å²) in [5.41, 5.74) is 2.82. The van der Waals surface area contributed by atoms with Crippen molar-refractivity contribution in [1.82, 2.24) is 14.3 Å². The number of aryl methyl sites for hydroxylation is 1. The van der Waals surface area contributed by atoms with Crippen LogP contribution in [0.25, 0.3) is 16.6 Å². The summed E-state index contributed by atoms with van der Waals surface area (Å²) >= 11 is 0. The smallest absolute Gasteiger partial charge is 0.275 e. The maximum absolute atomic E-state index is 13.9. The first-order valence-electron chi connectivity index (χ1n) is 10.2. The number of benzene rings is 2. The van der Waals surface area contributed by atoms with Crippen molar-refractivity contribution in [3.05, 3.63) is 88.6 Å². The molecule has 0 saturated heterocycles. The summed E-state index contributed by atoms with van der Waals surface area (Å²) in [6.07, 6.45) is 2.59. The van der Waals surface area contributed by atoms with Crippen LogP contribution in [0.1, 0.15) is 31.2 Å². The third-order valence-corrected chi connectivity index (χ3v) is 5.46. The Morgan fingerprint density at radius 3 is 2.63 bits per heavy atom. The van der Waals surface area contributed by atoms with Gasteiger partial charge in [-0.15, -0.1) is 0 Å². The number of carbonyl (C=O) groups excluding carboxylic acids is 1. The highest BCUT2D eigenvalue weighted by molar-refractivity contribution is 5.79. The van der Waals surface area contributed by atoms with Gasteiger partial charge in [0.05, 0.1) is 11.0 Å². The molecule has 4 rings (SSSR count). The highest BCUT2D eigenvalue weighted by Crippen LogP contribution is 2.17. The summed E-state index contributed by atoms with van der Waals surface area (Å²) in [5.74, 6) is -0.221. The van der Waals surface area contributed by atoms with E-state index in [1.165, 1.54) is 17.7 Å². The van der Waals surface area contributed by atoms with E-state index < -0.39 is 5.82 Å². The highest BCUT2D eigenvalue weighted by atomic mass is 19.1. The number of hydrogen-bond donors (Lipinski definition) is 1. The van der Waals surface area contributed by atoms with Gasteiger partial charge in [0.15, 0.2) is 0 Å². The molecule has 1 N–H and O–H groups in total. The summed E-state index contributed by atoms with van der Waals surface area (Å²) in [4.78, 5) is 25.2. The predicted octanol–water partition coefficient (Wildman–Crippen LogP) is 4.09. The molecule has 0 aliphatic carbocycles. The van der Waals surface area contributed by atoms with Crippen molar-refractivity contribution < 1.29 is 9.18 Å². The zero-order valence-electron chi connectivity index (χ0n) is 16.8. The molecule has 1 atom stereocenters. The lowest BCUT2D eigenvalue weighted by Crippen LogP contribution is -2.28. The Morgan fingerprint density at radius 1 is 1.03 bits per heavy atom. The third kappa shape index (κ3) is 3.99. The molecule has 0 spiro atoms. The Hall–Kier alpha value is -3.41. The number of fused-ring (bicyclic) bond motifs is 3. The zero-order valence-corrected chi connectivity index (χ0v) is 16.8. The second kappa shape index (κ2) is 8.53. The van der Waals surface area contributed by atoms with Gasteiger partial charge < -0.3 is 14.3 Å². The molecule has 0 radical (unpaired) electrons. The van der Waals surface area contributed by atoms with E-state index in [-0.39, 0.29) is 17.4 Å². The lowest BCUT2D eigenvalue weighted by molar-refractivity contribution is -0.121. The number of amides is 1. The van der Waals surface area contributed by atoms with Crippen molar-refractivity contribution in [2.45, 2.75) is 32.2 Å². The Bertz CT molecular complexity index is 1240. The van der Waals surface area contributed by atoms with E-state index in [1.807, 2.05) is 30.3 Å². The molecular weight excluding hydrogens is 381 g/mol. The SMILES string of the molecule is C[C@H](CNC(=O)CCCn1c(=O)c2cccn2c2ccc(F)cc21)c1ccccc1. The Labute approximate surface area is 173 Å². The summed E-state index contributed by atoms with van der Waals surface area (Å²) in [7, 11) is 0. The maximum Gasteiger partial charge on any atom is 0.275 e. The molecule has 154 valence electrons. The van der Waals surface area contributed by atoms with Gasteiger partial charge in [0.2, 0.25) is 5.91 Å². The molecule has 6 heteroatoms. The Morgan fingerprint density at radius 2 is 1.83 bits per heavy atom. The number of carbonyl (C=O) groups is 1. The van der Waals surface area contributed by atoms with Gasteiger partial charge in [0.1, 0.15) is 11.3 Å². The number of aromatic nitrogens is 2. The molecule has 2 aromatic heterocycles. The molecule has 1 amide bonds. The molecule has 4 aromatic rings. The first kappa shape index (κ1) is 19.9. The molecule has 30 heavy (non-hydrogen) atoms. The molecule has 0 bridgehead atoms. The lowest BCUT2D eigenvalue weighted by atomic mass is 10.0. The fraction of sp³-hybridized carbons (Fsp3) is 0.250. The number of halogens is 1. The topological polar surface area (TPSA) is 55.5 Å². The van der Waals surface area contributed by atoms with Crippen LogP contribution in [0.15, 0.2) is 71.7 Å². The van der Waals surface area contributed by atoms with E-state index in [1.54, 1.807) is 33.4 Å². The fourth-order valence-corrected chi connectivity index (χ4v) is 3.80. The molecular formula is C24H24FN3O2. The van der Waals surface area contributed by atoms with E-state index >= 15 is 0 Å². The largest absolute Gasteiger partial charge is 0.356 e. The van der Waals surface area contributed by atoms with Crippen molar-refractivity contribution in [2.24, 2.45) is 0 Å². The van der Waals surface area contributed by atoms with Crippen LogP contribution in [0.5, 0.6) is 0 Å². The van der Waals surface area contributed by atoms with E-state index in [0.29, 0.717) is 37.0 Å². The van der Waals surface area contributed by atoms with Gasteiger partial charge in [0.25, 0.3) is 5.56 Å². The van der Waals surface area contributed by atoms with Crippen LogP contribution in [0.2, 0.25) is 0 Å². The molecule has 5 nitrogen and oxygen atoms in total. The summed E-state index contributed by atoms with van der Waals surface area (Å²) < 4.78 is 17.2. The second-order valence-corrected chi connectivity index (χ2v) is 7.57. The van der Waals surface area contributed by atoms with Gasteiger partial charge >= 0.3 is 0 Å². The molecule has 2 aromatic carbocycles. The van der Waals surface area contributed by atoms with Gasteiger partial charge in [-0.25, -0.2) is 4.39 Å². The van der Waals surface area contributed by atoms with Crippen molar-refractivity contribution in [1.29, 1.82) is 0 Å². The van der Waals surface area contributed by atoms with Gasteiger partial charge in [-0.05, 0) is 48.2 Å². The Kier molecular flexibility index (Phi) is 5.65. The van der Waals surface area contributed by atoms with E-state index in [0.717, 1.165) is 5.52 Å². The minimum Gasteiger partial charge on any atom is -0.356 e. The van der Waals surface area contributed by atoms with Crippen LogP contribution in [0.4, 0.5) is 4.39 Å². The van der Waals surface area contributed by atoms with Gasteiger partial charge in [0, 0.05) is 25.7 Å². The normalized spacial score (nSPS) is 12.3. The predicted molar refractivity (Wildman–Crippen MR) is 116 cm³/mol. The van der Waals surface area contributed by atoms with Crippen LogP contribution >= 0.6 is 0 Å². The quantitative estimate of drug-likeness (QED) is 0.503. The number of nitrogens with one attached hydrogen (secondary N) is 1. The number of hydrogen-bond acceptors (Lipinski definition) is 2. The first-order valence-corrected chi connectivity index (χ1v) is 10.2. The molecule has 0 unspecified atom stereocenters. The van der Waals surface area contributed by atoms with Gasteiger partial charge in [-0.2, -0.15) is 0 Å². The third-order valence-electron chi connectivity index (χ3n) is 5.46. The average molecular weight is 405 g/mol. The van der Waals surface area contributed by atoms with Crippen LogP contribution in [-0.4, -0.2) is 21.4 Å². The molecule has 0 aliphatic rings. The van der Waals surface area contributed by atoms with E-state index in [2.05, 4.69) is 12.2 Å². The number of nitrogens with zero attached hydrogens (tertiary/aromatic N) is 2. The summed E-state index contributed by atoms with van der Waals surface area (Å²) in [5, 5.41) is 2.96. The maximum atomic E-state index is 13.9. The summed E-state index contributed by atoms with van der Waals surface area (Å²) in [6.45, 7) is 2.98. The average Bonchev–Trinajstić information content (AvgIpc) is 3.25. The van der Waals surface area contributed by atoms with Crippen LogP contribution < -0.4 is 10.9 Å². The van der Waals surface area contributed by atoms with Crippen LogP contribution in [-0.2, 0) is 11.3 Å². The first-order chi connectivity index (χ1) is 14.5. The summed E-state index contributed by atoms with van der Waals surface area (Å²) in [6, 6.07) is 18.0. The van der Waals surface area contributed by atoms with Crippen molar-refractivity contribution in [3.63, 3.8) is 0 Å². The van der Waals surface area contributed by atoms with Gasteiger partial charge in [-0.3, -0.25) is 9.59 Å². The Balaban J connectivity index is 1.43. The van der Waals surface area contributed by atoms with E-state index in [4.69, 9.17) is 0 Å². The standard InChI is InChI=1S/C24H24FN3O2/c1-17(18-7-3-2-4-8-18)16-26-23(29)10-6-14-28-22-15-19(25)11-12-20(22)27-13-5-9-21(27)24(28)30/h2-5,7-9,11-13,15,17H,6,10,14,16H2,1H3,(H,26,29)/t17-/m1/s1. The fourth-order valence-electron chi connectivity index (χ4n) is 3.80. The minimum atomic E-state index is -0.394. The highest BCUT2D eigenvalue weighted by Gasteiger charge is 2.12. The van der Waals surface area contributed by atoms with Crippen LogP contribution in [0.3, 0.4) is 0 Å². The number of rotatable bonds is 7. The van der Waals surface area contributed by atoms with Crippen molar-refractivity contribution in [2.75, 3.05) is 6.54 Å². The minimum absolute atomic E-state index is 0.0509. The van der Waals surface area contributed by atoms with Gasteiger partial charge in [-0.1, -0.05) is 37.3 Å². The van der Waals surface area contributed by atoms with Crippen LogP contribution in [0, 0.1) is 5.82 Å². The molecule has 2 heterocycles. The monoisotopic (exact) mass is 405 g/mol.